The van der Waals surface area contributed by atoms with Crippen molar-refractivity contribution in [2.75, 3.05) is 19.8 Å². The van der Waals surface area contributed by atoms with E-state index in [1.54, 1.807) is 5.92 Å². The lowest BCUT2D eigenvalue weighted by atomic mass is 10.7. The minimum atomic E-state index is -0.686. The molecular weight excluding hydrogens is 144 g/mol. The number of ether oxygens (including phenoxy) is 2. The van der Waals surface area contributed by atoms with Gasteiger partial charge in [0.2, 0.25) is 0 Å². The summed E-state index contributed by atoms with van der Waals surface area (Å²) < 4.78 is 9.26. The van der Waals surface area contributed by atoms with Gasteiger partial charge in [-0.2, -0.15) is 0 Å². The third kappa shape index (κ3) is 6.44. The van der Waals surface area contributed by atoms with Gasteiger partial charge in [0.15, 0.2) is 0 Å². The van der Waals surface area contributed by atoms with Crippen molar-refractivity contribution in [1.29, 1.82) is 0 Å². The Hall–Kier alpha value is -1.45. The van der Waals surface area contributed by atoms with Gasteiger partial charge in [-0.25, -0.2) is 4.79 Å². The summed E-state index contributed by atoms with van der Waals surface area (Å²) in [4.78, 5) is 10.3. The number of hydrogen-bond acceptors (Lipinski definition) is 3. The Bertz CT molecular complexity index is 194. The zero-order chi connectivity index (χ0) is 8.53. The van der Waals surface area contributed by atoms with E-state index in [1.807, 2.05) is 0 Å². The maximum atomic E-state index is 10.3. The molecule has 0 aliphatic heterocycles. The van der Waals surface area contributed by atoms with Gasteiger partial charge >= 0.3 is 5.97 Å². The minimum absolute atomic E-state index is 0.144. The molecule has 3 heteroatoms. The minimum Gasteiger partial charge on any atom is -0.454 e. The van der Waals surface area contributed by atoms with Crippen LogP contribution in [-0.4, -0.2) is 25.8 Å². The Morgan fingerprint density at radius 3 is 2.64 bits per heavy atom. The van der Waals surface area contributed by atoms with Crippen molar-refractivity contribution >= 4 is 5.97 Å². The summed E-state index contributed by atoms with van der Waals surface area (Å²) in [7, 11) is 0. The number of carbonyl (C=O) groups is 1. The summed E-state index contributed by atoms with van der Waals surface area (Å²) in [5.74, 6) is 3.38. The third-order valence-electron chi connectivity index (χ3n) is 0.764. The predicted octanol–water partition coefficient (Wildman–Crippen LogP) is -0.187. The fourth-order valence-corrected chi connectivity index (χ4v) is 0.366. The Morgan fingerprint density at radius 1 is 1.36 bits per heavy atom. The zero-order valence-corrected chi connectivity index (χ0v) is 6.00. The molecule has 0 heterocycles. The molecular formula is C8H8O3. The zero-order valence-electron chi connectivity index (χ0n) is 6.00. The van der Waals surface area contributed by atoms with E-state index in [-0.39, 0.29) is 19.8 Å². The molecule has 0 radical (unpaired) electrons. The smallest absolute Gasteiger partial charge is 0.384 e. The van der Waals surface area contributed by atoms with E-state index in [1.165, 1.54) is 0 Å². The topological polar surface area (TPSA) is 35.5 Å². The summed E-state index contributed by atoms with van der Waals surface area (Å²) >= 11 is 0. The molecule has 0 rings (SSSR count). The van der Waals surface area contributed by atoms with Crippen LogP contribution in [0.5, 0.6) is 0 Å². The first-order valence-electron chi connectivity index (χ1n) is 2.96. The van der Waals surface area contributed by atoms with Gasteiger partial charge in [-0.15, -0.1) is 12.8 Å². The van der Waals surface area contributed by atoms with Crippen LogP contribution in [-0.2, 0) is 14.3 Å². The molecule has 0 saturated carbocycles. The molecule has 0 unspecified atom stereocenters. The molecule has 0 aromatic rings. The first-order valence-corrected chi connectivity index (χ1v) is 2.96. The van der Waals surface area contributed by atoms with Crippen molar-refractivity contribution in [1.82, 2.24) is 0 Å². The predicted molar refractivity (Wildman–Crippen MR) is 39.4 cm³/mol. The monoisotopic (exact) mass is 152 g/mol. The van der Waals surface area contributed by atoms with Crippen molar-refractivity contribution in [3.63, 3.8) is 0 Å². The number of rotatable bonds is 4. The fourth-order valence-electron chi connectivity index (χ4n) is 0.366. The molecule has 0 atom stereocenters. The SMILES string of the molecule is C#CCOCCOC(=O)C#C. The number of carbonyl (C=O) groups excluding carboxylic acids is 1. The highest BCUT2D eigenvalue weighted by molar-refractivity contribution is 5.87. The maximum absolute atomic E-state index is 10.3. The molecule has 0 aliphatic carbocycles. The second-order valence-electron chi connectivity index (χ2n) is 1.54. The highest BCUT2D eigenvalue weighted by atomic mass is 16.6. The third-order valence-corrected chi connectivity index (χ3v) is 0.764. The molecule has 0 fully saturated rings. The van der Waals surface area contributed by atoms with Gasteiger partial charge in [0.1, 0.15) is 13.2 Å². The van der Waals surface area contributed by atoms with Crippen molar-refractivity contribution in [3.8, 4) is 24.7 Å². The van der Waals surface area contributed by atoms with E-state index in [0.717, 1.165) is 0 Å². The van der Waals surface area contributed by atoms with Crippen molar-refractivity contribution in [2.24, 2.45) is 0 Å². The highest BCUT2D eigenvalue weighted by Crippen LogP contribution is 1.78. The van der Waals surface area contributed by atoms with Crippen LogP contribution in [0.25, 0.3) is 0 Å². The van der Waals surface area contributed by atoms with E-state index in [9.17, 15) is 4.79 Å². The van der Waals surface area contributed by atoms with Crippen molar-refractivity contribution in [2.45, 2.75) is 0 Å². The molecule has 58 valence electrons. The maximum Gasteiger partial charge on any atom is 0.384 e. The molecule has 0 amide bonds. The number of hydrogen-bond donors (Lipinski definition) is 0. The second kappa shape index (κ2) is 6.67. The summed E-state index contributed by atoms with van der Waals surface area (Å²) in [5, 5.41) is 0. The molecule has 0 aromatic heterocycles. The Kier molecular flexibility index (Phi) is 5.79. The summed E-state index contributed by atoms with van der Waals surface area (Å²) in [5.41, 5.74) is 0. The summed E-state index contributed by atoms with van der Waals surface area (Å²) in [6, 6.07) is 0. The van der Waals surface area contributed by atoms with Crippen LogP contribution < -0.4 is 0 Å². The molecule has 0 bridgehead atoms. The lowest BCUT2D eigenvalue weighted by Gasteiger charge is -1.99. The lowest BCUT2D eigenvalue weighted by molar-refractivity contribution is -0.138. The van der Waals surface area contributed by atoms with Crippen molar-refractivity contribution in [3.05, 3.63) is 0 Å². The van der Waals surface area contributed by atoms with Gasteiger partial charge in [-0.1, -0.05) is 5.92 Å². The van der Waals surface area contributed by atoms with E-state index < -0.39 is 5.97 Å². The van der Waals surface area contributed by atoms with Crippen LogP contribution in [0.15, 0.2) is 0 Å². The van der Waals surface area contributed by atoms with Crippen LogP contribution in [0.1, 0.15) is 0 Å². The van der Waals surface area contributed by atoms with Crippen LogP contribution >= 0.6 is 0 Å². The van der Waals surface area contributed by atoms with Crippen molar-refractivity contribution < 1.29 is 14.3 Å². The number of esters is 1. The molecule has 0 aromatic carbocycles. The summed E-state index contributed by atoms with van der Waals surface area (Å²) in [6.45, 7) is 0.635. The van der Waals surface area contributed by atoms with Gasteiger partial charge in [0.05, 0.1) is 6.61 Å². The van der Waals surface area contributed by atoms with Gasteiger partial charge in [0.25, 0.3) is 0 Å². The molecule has 3 nitrogen and oxygen atoms in total. The number of terminal acetylenes is 2. The van der Waals surface area contributed by atoms with E-state index >= 15 is 0 Å². The van der Waals surface area contributed by atoms with Gasteiger partial charge < -0.3 is 9.47 Å². The Balaban J connectivity index is 3.11. The standard InChI is InChI=1S/C8H8O3/c1-3-5-10-6-7-11-8(9)4-2/h1-2H,5-7H2. The lowest BCUT2D eigenvalue weighted by Crippen LogP contribution is -2.08. The van der Waals surface area contributed by atoms with Crippen LogP contribution in [0.2, 0.25) is 0 Å². The molecule has 0 N–H and O–H groups in total. The average molecular weight is 152 g/mol. The van der Waals surface area contributed by atoms with E-state index in [4.69, 9.17) is 17.6 Å². The van der Waals surface area contributed by atoms with Crippen LogP contribution in [0, 0.1) is 24.7 Å². The van der Waals surface area contributed by atoms with Gasteiger partial charge in [-0.3, -0.25) is 0 Å². The molecule has 0 aliphatic rings. The van der Waals surface area contributed by atoms with E-state index in [2.05, 4.69) is 10.7 Å². The quantitative estimate of drug-likeness (QED) is 0.242. The normalized spacial score (nSPS) is 7.82. The molecule has 0 spiro atoms. The second-order valence-corrected chi connectivity index (χ2v) is 1.54. The molecule has 11 heavy (non-hydrogen) atoms. The Morgan fingerprint density at radius 2 is 2.09 bits per heavy atom. The Labute approximate surface area is 65.7 Å². The largest absolute Gasteiger partial charge is 0.454 e. The average Bonchev–Trinajstić information content (AvgIpc) is 2.04. The first kappa shape index (κ1) is 9.55. The van der Waals surface area contributed by atoms with E-state index in [0.29, 0.717) is 0 Å². The van der Waals surface area contributed by atoms with Crippen LogP contribution in [0.4, 0.5) is 0 Å². The highest BCUT2D eigenvalue weighted by Gasteiger charge is 1.93. The van der Waals surface area contributed by atoms with Crippen LogP contribution in [0.3, 0.4) is 0 Å². The first-order chi connectivity index (χ1) is 5.31. The molecule has 0 saturated heterocycles. The fraction of sp³-hybridized carbons (Fsp3) is 0.375. The summed E-state index contributed by atoms with van der Waals surface area (Å²) in [6.07, 6.45) is 9.60. The van der Waals surface area contributed by atoms with Gasteiger partial charge in [-0.05, 0) is 0 Å². The van der Waals surface area contributed by atoms with Gasteiger partial charge in [0, 0.05) is 5.92 Å².